The van der Waals surface area contributed by atoms with Crippen molar-refractivity contribution in [3.63, 3.8) is 0 Å². The second-order valence-corrected chi connectivity index (χ2v) is 8.40. The molecule has 3 N–H and O–H groups in total. The summed E-state index contributed by atoms with van der Waals surface area (Å²) < 4.78 is 5.34. The number of nitrogens with one attached hydrogen (secondary N) is 3. The molecule has 2 aromatic carbocycles. The summed E-state index contributed by atoms with van der Waals surface area (Å²) in [7, 11) is 3.24. The number of ether oxygens (including phenoxy) is 1. The molecule has 1 saturated heterocycles. The zero-order chi connectivity index (χ0) is 25.2. The smallest absolute Gasteiger partial charge is 0.277 e. The van der Waals surface area contributed by atoms with E-state index in [1.54, 1.807) is 14.1 Å². The predicted molar refractivity (Wildman–Crippen MR) is 142 cm³/mol. The number of amides is 2. The van der Waals surface area contributed by atoms with E-state index in [9.17, 15) is 9.59 Å². The number of benzene rings is 2. The number of rotatable bonds is 6. The highest BCUT2D eigenvalue weighted by Gasteiger charge is 2.23. The van der Waals surface area contributed by atoms with Crippen LogP contribution in [0.25, 0.3) is 0 Å². The van der Waals surface area contributed by atoms with Crippen molar-refractivity contribution in [1.82, 2.24) is 31.3 Å². The Kier molecular flexibility index (Phi) is 9.67. The maximum Gasteiger partial charge on any atom is 0.277 e. The molecule has 35 heavy (non-hydrogen) atoms. The summed E-state index contributed by atoms with van der Waals surface area (Å²) in [4.78, 5) is 27.1. The molecule has 9 nitrogen and oxygen atoms in total. The van der Waals surface area contributed by atoms with E-state index in [-0.39, 0.29) is 5.57 Å². The van der Waals surface area contributed by atoms with Gasteiger partial charge in [-0.2, -0.15) is 0 Å². The van der Waals surface area contributed by atoms with Crippen LogP contribution in [-0.4, -0.2) is 77.2 Å². The molecule has 1 aliphatic heterocycles. The van der Waals surface area contributed by atoms with E-state index < -0.39 is 11.8 Å². The predicted octanol–water partition coefficient (Wildman–Crippen LogP) is 1.38. The molecule has 0 aromatic heterocycles. The minimum atomic E-state index is -0.636. The number of hydrazine groups is 3. The largest absolute Gasteiger partial charge is 0.379 e. The quantitative estimate of drug-likeness (QED) is 0.175. The Hall–Kier alpha value is -3.38. The van der Waals surface area contributed by atoms with Gasteiger partial charge in [-0.3, -0.25) is 30.5 Å². The fraction of sp³-hybridized carbons (Fsp3) is 0.250. The van der Waals surface area contributed by atoms with E-state index in [2.05, 4.69) is 16.3 Å². The first-order chi connectivity index (χ1) is 16.9. The molecule has 3 rings (SSSR count). The van der Waals surface area contributed by atoms with Crippen LogP contribution in [0.3, 0.4) is 0 Å². The summed E-state index contributed by atoms with van der Waals surface area (Å²) in [5.41, 5.74) is 9.74. The number of nitrogens with zero attached hydrogens (tertiary/aromatic N) is 3. The number of thiocarbonyl (C=S) groups is 2. The molecule has 2 aromatic rings. The van der Waals surface area contributed by atoms with E-state index in [1.165, 1.54) is 16.2 Å². The lowest BCUT2D eigenvalue weighted by Crippen LogP contribution is -2.50. The van der Waals surface area contributed by atoms with Crippen LogP contribution in [0.15, 0.2) is 72.4 Å². The van der Waals surface area contributed by atoms with Crippen molar-refractivity contribution in [2.45, 2.75) is 0 Å². The van der Waals surface area contributed by atoms with Gasteiger partial charge >= 0.3 is 0 Å². The molecule has 184 valence electrons. The summed E-state index contributed by atoms with van der Waals surface area (Å²) in [5.74, 6) is -1.27. The van der Waals surface area contributed by atoms with Gasteiger partial charge in [0.15, 0.2) is 0 Å². The third-order valence-corrected chi connectivity index (χ3v) is 6.10. The Morgan fingerprint density at radius 1 is 0.829 bits per heavy atom. The molecular weight excluding hydrogens is 484 g/mol. The molecule has 2 amide bonds. The van der Waals surface area contributed by atoms with Gasteiger partial charge in [0, 0.05) is 44.5 Å². The normalized spacial score (nSPS) is 13.2. The van der Waals surface area contributed by atoms with E-state index in [0.29, 0.717) is 36.3 Å². The molecule has 0 unspecified atom stereocenters. The Bertz CT molecular complexity index is 1000. The van der Waals surface area contributed by atoms with Crippen molar-refractivity contribution in [3.8, 4) is 0 Å². The van der Waals surface area contributed by atoms with Gasteiger partial charge in [0.2, 0.25) is 0 Å². The van der Waals surface area contributed by atoms with E-state index in [0.717, 1.165) is 11.1 Å². The number of carbonyl (C=O) groups is 2. The molecule has 0 bridgehead atoms. The van der Waals surface area contributed by atoms with Crippen LogP contribution >= 0.6 is 24.4 Å². The van der Waals surface area contributed by atoms with E-state index in [4.69, 9.17) is 29.2 Å². The molecule has 11 heteroatoms. The molecule has 0 spiro atoms. The van der Waals surface area contributed by atoms with Gasteiger partial charge in [0.1, 0.15) is 15.6 Å². The van der Waals surface area contributed by atoms with Crippen LogP contribution in [-0.2, 0) is 14.3 Å². The SMILES string of the molecule is CN(NC(=O)C(=CNN1CCOCC1)C(=O)NN(C)C(=S)c1ccccc1)C(=S)c1ccccc1. The van der Waals surface area contributed by atoms with Crippen LogP contribution in [0, 0.1) is 0 Å². The van der Waals surface area contributed by atoms with Gasteiger partial charge < -0.3 is 10.2 Å². The lowest BCUT2D eigenvalue weighted by Gasteiger charge is -2.27. The van der Waals surface area contributed by atoms with Crippen LogP contribution in [0.5, 0.6) is 0 Å². The zero-order valence-electron chi connectivity index (χ0n) is 19.6. The lowest BCUT2D eigenvalue weighted by molar-refractivity contribution is -0.126. The van der Waals surface area contributed by atoms with Gasteiger partial charge in [-0.05, 0) is 0 Å². The molecular formula is C24H28N6O3S2. The van der Waals surface area contributed by atoms with Gasteiger partial charge in [-0.25, -0.2) is 5.01 Å². The summed E-state index contributed by atoms with van der Waals surface area (Å²) in [6.45, 7) is 2.33. The Balaban J connectivity index is 1.73. The second-order valence-electron chi connectivity index (χ2n) is 7.63. The summed E-state index contributed by atoms with van der Waals surface area (Å²) >= 11 is 10.9. The summed E-state index contributed by atoms with van der Waals surface area (Å²) in [6.07, 6.45) is 1.37. The maximum atomic E-state index is 13.1. The Labute approximate surface area is 215 Å². The zero-order valence-corrected chi connectivity index (χ0v) is 21.2. The number of hydrogen-bond donors (Lipinski definition) is 3. The third kappa shape index (κ3) is 7.55. The molecule has 1 fully saturated rings. The lowest BCUT2D eigenvalue weighted by atomic mass is 10.2. The van der Waals surface area contributed by atoms with Crippen LogP contribution in [0.2, 0.25) is 0 Å². The summed E-state index contributed by atoms with van der Waals surface area (Å²) in [6, 6.07) is 18.5. The van der Waals surface area contributed by atoms with Gasteiger partial charge in [0.25, 0.3) is 11.8 Å². The Morgan fingerprint density at radius 2 is 1.26 bits per heavy atom. The topological polar surface area (TPSA) is 89.2 Å². The van der Waals surface area contributed by atoms with Gasteiger partial charge in [0.05, 0.1) is 13.2 Å². The van der Waals surface area contributed by atoms with Crippen molar-refractivity contribution >= 4 is 46.2 Å². The van der Waals surface area contributed by atoms with Crippen LogP contribution in [0.1, 0.15) is 11.1 Å². The first-order valence-electron chi connectivity index (χ1n) is 10.9. The van der Waals surface area contributed by atoms with Crippen molar-refractivity contribution in [2.24, 2.45) is 0 Å². The molecule has 0 aliphatic carbocycles. The average Bonchev–Trinajstić information content (AvgIpc) is 2.89. The van der Waals surface area contributed by atoms with Crippen molar-refractivity contribution in [3.05, 3.63) is 83.6 Å². The third-order valence-electron chi connectivity index (χ3n) is 5.08. The first-order valence-corrected chi connectivity index (χ1v) is 11.8. The monoisotopic (exact) mass is 512 g/mol. The average molecular weight is 513 g/mol. The molecule has 1 heterocycles. The number of hydrogen-bond acceptors (Lipinski definition) is 7. The molecule has 0 radical (unpaired) electrons. The van der Waals surface area contributed by atoms with Gasteiger partial charge in [-0.15, -0.1) is 0 Å². The van der Waals surface area contributed by atoms with Crippen LogP contribution in [0.4, 0.5) is 0 Å². The molecule has 1 aliphatic rings. The van der Waals surface area contributed by atoms with Gasteiger partial charge in [-0.1, -0.05) is 85.1 Å². The fourth-order valence-corrected chi connectivity index (χ4v) is 3.52. The van der Waals surface area contributed by atoms with Crippen LogP contribution < -0.4 is 16.3 Å². The minimum absolute atomic E-state index is 0.151. The van der Waals surface area contributed by atoms with E-state index >= 15 is 0 Å². The molecule has 0 saturated carbocycles. The Morgan fingerprint density at radius 3 is 1.69 bits per heavy atom. The summed E-state index contributed by atoms with van der Waals surface area (Å²) in [5, 5.41) is 4.67. The standard InChI is InChI=1S/C24H28N6O3S2/c1-28(23(34)18-9-5-3-6-10-18)26-21(31)20(17-25-30-13-15-33-16-14-30)22(32)27-29(2)24(35)19-11-7-4-8-12-19/h3-12,17,25H,13-16H2,1-2H3,(H,26,31)(H,27,32). The minimum Gasteiger partial charge on any atom is -0.379 e. The van der Waals surface area contributed by atoms with Crippen molar-refractivity contribution < 1.29 is 14.3 Å². The highest BCUT2D eigenvalue weighted by Crippen LogP contribution is 2.06. The van der Waals surface area contributed by atoms with Crippen molar-refractivity contribution in [1.29, 1.82) is 0 Å². The fourth-order valence-electron chi connectivity index (χ4n) is 3.16. The number of morpholine rings is 1. The molecule has 0 atom stereocenters. The first kappa shape index (κ1) is 26.2. The van der Waals surface area contributed by atoms with E-state index in [1.807, 2.05) is 65.7 Å². The number of carbonyl (C=O) groups excluding carboxylic acids is 2. The highest BCUT2D eigenvalue weighted by molar-refractivity contribution is 7.80. The van der Waals surface area contributed by atoms with Crippen molar-refractivity contribution in [2.75, 3.05) is 40.4 Å². The highest BCUT2D eigenvalue weighted by atomic mass is 32.1. The second kappa shape index (κ2) is 12.9. The maximum absolute atomic E-state index is 13.1.